The summed E-state index contributed by atoms with van der Waals surface area (Å²) in [6.07, 6.45) is 0.382. The predicted octanol–water partition coefficient (Wildman–Crippen LogP) is 2.38. The maximum Gasteiger partial charge on any atom is 0.276 e. The number of amides is 1. The van der Waals surface area contributed by atoms with Crippen molar-refractivity contribution in [2.45, 2.75) is 26.0 Å². The Balaban J connectivity index is 2.32. The molecule has 1 aliphatic heterocycles. The molecule has 1 amide bonds. The summed E-state index contributed by atoms with van der Waals surface area (Å²) in [6.45, 7) is 3.38. The third-order valence-corrected chi connectivity index (χ3v) is 3.07. The molecule has 1 unspecified atom stereocenters. The van der Waals surface area contributed by atoms with Crippen LogP contribution in [0.3, 0.4) is 0 Å². The Bertz CT molecular complexity index is 497. The van der Waals surface area contributed by atoms with Crippen LogP contribution >= 0.6 is 15.9 Å². The molecule has 0 saturated carbocycles. The minimum atomic E-state index is -1.23. The summed E-state index contributed by atoms with van der Waals surface area (Å²) < 4.78 is 0.822. The molecule has 17 heavy (non-hydrogen) atoms. The Morgan fingerprint density at radius 3 is 2.82 bits per heavy atom. The number of hydrazone groups is 1. The molecular formula is C12H13BrN2O2. The van der Waals surface area contributed by atoms with Gasteiger partial charge in [0.2, 0.25) is 0 Å². The van der Waals surface area contributed by atoms with Gasteiger partial charge in [0, 0.05) is 22.2 Å². The van der Waals surface area contributed by atoms with Crippen LogP contribution in [0.2, 0.25) is 0 Å². The van der Waals surface area contributed by atoms with Crippen LogP contribution in [0.15, 0.2) is 33.8 Å². The highest BCUT2D eigenvalue weighted by atomic mass is 79.9. The van der Waals surface area contributed by atoms with Crippen molar-refractivity contribution in [3.05, 3.63) is 34.3 Å². The van der Waals surface area contributed by atoms with Crippen LogP contribution < -0.4 is 0 Å². The number of nitrogens with zero attached hydrogens (tertiary/aromatic N) is 2. The van der Waals surface area contributed by atoms with Gasteiger partial charge in [-0.1, -0.05) is 22.0 Å². The molecule has 1 N–H and O–H groups in total. The molecule has 0 aromatic heterocycles. The molecule has 0 spiro atoms. The highest BCUT2D eigenvalue weighted by molar-refractivity contribution is 9.10. The Kier molecular flexibility index (Phi) is 3.05. The van der Waals surface area contributed by atoms with Gasteiger partial charge in [-0.3, -0.25) is 4.79 Å². The van der Waals surface area contributed by atoms with Crippen LogP contribution in [0, 0.1) is 0 Å². The summed E-state index contributed by atoms with van der Waals surface area (Å²) in [5.74, 6) is -0.298. The Morgan fingerprint density at radius 1 is 1.59 bits per heavy atom. The molecule has 1 aliphatic rings. The Labute approximate surface area is 108 Å². The standard InChI is InChI=1S/C12H13BrN2O2/c1-8-7-12(2,17)15(14-8)11(16)9-4-3-5-10(13)6-9/h3-6,17H,7H2,1-2H3. The quantitative estimate of drug-likeness (QED) is 0.865. The van der Waals surface area contributed by atoms with E-state index < -0.39 is 5.72 Å². The number of hydrogen-bond donors (Lipinski definition) is 1. The van der Waals surface area contributed by atoms with Gasteiger partial charge in [-0.25, -0.2) is 0 Å². The number of rotatable bonds is 1. The monoisotopic (exact) mass is 296 g/mol. The average Bonchev–Trinajstić information content (AvgIpc) is 2.51. The molecule has 1 aromatic carbocycles. The van der Waals surface area contributed by atoms with Crippen molar-refractivity contribution in [1.29, 1.82) is 0 Å². The number of aliphatic hydroxyl groups is 1. The average molecular weight is 297 g/mol. The predicted molar refractivity (Wildman–Crippen MR) is 68.7 cm³/mol. The topological polar surface area (TPSA) is 52.9 Å². The molecule has 0 radical (unpaired) electrons. The van der Waals surface area contributed by atoms with Crippen LogP contribution in [-0.2, 0) is 0 Å². The van der Waals surface area contributed by atoms with E-state index in [2.05, 4.69) is 21.0 Å². The highest BCUT2D eigenvalue weighted by Gasteiger charge is 2.39. The molecule has 0 saturated heterocycles. The molecule has 2 rings (SSSR count). The molecule has 4 nitrogen and oxygen atoms in total. The summed E-state index contributed by atoms with van der Waals surface area (Å²) in [7, 11) is 0. The second-order valence-electron chi connectivity index (χ2n) is 4.36. The summed E-state index contributed by atoms with van der Waals surface area (Å²) in [6, 6.07) is 7.03. The van der Waals surface area contributed by atoms with Gasteiger partial charge in [-0.2, -0.15) is 10.1 Å². The van der Waals surface area contributed by atoms with Gasteiger partial charge in [0.05, 0.1) is 0 Å². The summed E-state index contributed by atoms with van der Waals surface area (Å²) in [4.78, 5) is 12.2. The second kappa shape index (κ2) is 4.23. The van der Waals surface area contributed by atoms with Crippen LogP contribution in [0.1, 0.15) is 30.6 Å². The zero-order valence-electron chi connectivity index (χ0n) is 9.64. The lowest BCUT2D eigenvalue weighted by atomic mass is 10.1. The van der Waals surface area contributed by atoms with Gasteiger partial charge in [0.25, 0.3) is 5.91 Å². The second-order valence-corrected chi connectivity index (χ2v) is 5.27. The van der Waals surface area contributed by atoms with Gasteiger partial charge in [0.1, 0.15) is 0 Å². The minimum Gasteiger partial charge on any atom is -0.369 e. The van der Waals surface area contributed by atoms with Crippen LogP contribution in [0.25, 0.3) is 0 Å². The van der Waals surface area contributed by atoms with E-state index in [1.54, 1.807) is 32.0 Å². The van der Waals surface area contributed by atoms with E-state index in [-0.39, 0.29) is 5.91 Å². The fourth-order valence-electron chi connectivity index (χ4n) is 1.88. The number of benzene rings is 1. The summed E-state index contributed by atoms with van der Waals surface area (Å²) in [5, 5.41) is 15.3. The zero-order valence-corrected chi connectivity index (χ0v) is 11.2. The third kappa shape index (κ3) is 2.40. The Hall–Kier alpha value is -1.20. The zero-order chi connectivity index (χ0) is 12.6. The van der Waals surface area contributed by atoms with Crippen LogP contribution in [0.5, 0.6) is 0 Å². The van der Waals surface area contributed by atoms with Crippen molar-refractivity contribution in [2.75, 3.05) is 0 Å². The number of carbonyl (C=O) groups excluding carboxylic acids is 1. The SMILES string of the molecule is CC1=NN(C(=O)c2cccc(Br)c2)C(C)(O)C1. The first-order chi connectivity index (χ1) is 7.90. The molecule has 0 fully saturated rings. The molecular weight excluding hydrogens is 284 g/mol. The van der Waals surface area contributed by atoms with Gasteiger partial charge >= 0.3 is 0 Å². The molecule has 0 bridgehead atoms. The summed E-state index contributed by atoms with van der Waals surface area (Å²) >= 11 is 3.31. The molecule has 90 valence electrons. The first-order valence-corrected chi connectivity index (χ1v) is 6.06. The lowest BCUT2D eigenvalue weighted by molar-refractivity contribution is -0.0553. The van der Waals surface area contributed by atoms with Gasteiger partial charge in [-0.15, -0.1) is 0 Å². The van der Waals surface area contributed by atoms with Gasteiger partial charge < -0.3 is 5.11 Å². The lowest BCUT2D eigenvalue weighted by Gasteiger charge is -2.27. The van der Waals surface area contributed by atoms with E-state index in [1.807, 2.05) is 6.07 Å². The first kappa shape index (κ1) is 12.3. The van der Waals surface area contributed by atoms with Crippen molar-refractivity contribution >= 4 is 27.5 Å². The van der Waals surface area contributed by atoms with Crippen molar-refractivity contribution in [2.24, 2.45) is 5.10 Å². The van der Waals surface area contributed by atoms with Crippen molar-refractivity contribution in [3.63, 3.8) is 0 Å². The van der Waals surface area contributed by atoms with E-state index in [4.69, 9.17) is 0 Å². The van der Waals surface area contributed by atoms with E-state index in [0.29, 0.717) is 12.0 Å². The van der Waals surface area contributed by atoms with E-state index in [9.17, 15) is 9.90 Å². The van der Waals surface area contributed by atoms with Gasteiger partial charge in [0.15, 0.2) is 5.72 Å². The van der Waals surface area contributed by atoms with E-state index in [1.165, 1.54) is 0 Å². The molecule has 1 aromatic rings. The third-order valence-electron chi connectivity index (χ3n) is 2.58. The highest BCUT2D eigenvalue weighted by Crippen LogP contribution is 2.27. The smallest absolute Gasteiger partial charge is 0.276 e. The maximum atomic E-state index is 12.2. The maximum absolute atomic E-state index is 12.2. The normalized spacial score (nSPS) is 23.8. The van der Waals surface area contributed by atoms with Gasteiger partial charge in [-0.05, 0) is 32.0 Å². The number of hydrogen-bond acceptors (Lipinski definition) is 3. The molecule has 1 atom stereocenters. The fourth-order valence-corrected chi connectivity index (χ4v) is 2.28. The van der Waals surface area contributed by atoms with Crippen LogP contribution in [-0.4, -0.2) is 27.5 Å². The molecule has 0 aliphatic carbocycles. The Morgan fingerprint density at radius 2 is 2.29 bits per heavy atom. The summed E-state index contributed by atoms with van der Waals surface area (Å²) in [5.41, 5.74) is 0.0141. The van der Waals surface area contributed by atoms with Crippen LogP contribution in [0.4, 0.5) is 0 Å². The lowest BCUT2D eigenvalue weighted by Crippen LogP contribution is -2.43. The van der Waals surface area contributed by atoms with Crippen molar-refractivity contribution in [3.8, 4) is 0 Å². The molecule has 1 heterocycles. The first-order valence-electron chi connectivity index (χ1n) is 5.27. The van der Waals surface area contributed by atoms with Crippen molar-refractivity contribution < 1.29 is 9.90 Å². The largest absolute Gasteiger partial charge is 0.369 e. The van der Waals surface area contributed by atoms with Crippen molar-refractivity contribution in [1.82, 2.24) is 5.01 Å². The number of halogens is 1. The van der Waals surface area contributed by atoms with E-state index >= 15 is 0 Å². The number of carbonyl (C=O) groups is 1. The molecule has 5 heteroatoms. The minimum absolute atomic E-state index is 0.298. The fraction of sp³-hybridized carbons (Fsp3) is 0.333. The van der Waals surface area contributed by atoms with E-state index in [0.717, 1.165) is 15.2 Å².